The number of amides is 1. The van der Waals surface area contributed by atoms with Crippen molar-refractivity contribution in [3.05, 3.63) is 24.2 Å². The SMILES string of the molecule is O=C1CC(Cn2ccnc2-c2cc3n(n2)CCCNC3)CN1C1CCCC1. The molecule has 7 nitrogen and oxygen atoms in total. The first-order valence-electron chi connectivity index (χ1n) is 10.4. The van der Waals surface area contributed by atoms with Gasteiger partial charge in [0.05, 0.1) is 5.69 Å². The van der Waals surface area contributed by atoms with Gasteiger partial charge >= 0.3 is 0 Å². The Morgan fingerprint density at radius 3 is 3.00 bits per heavy atom. The lowest BCUT2D eigenvalue weighted by atomic mass is 10.1. The highest BCUT2D eigenvalue weighted by Crippen LogP contribution is 2.30. The van der Waals surface area contributed by atoms with Crippen LogP contribution in [-0.2, 0) is 24.4 Å². The molecule has 1 aliphatic carbocycles. The van der Waals surface area contributed by atoms with Crippen LogP contribution in [0.25, 0.3) is 11.5 Å². The number of rotatable bonds is 4. The molecule has 0 bridgehead atoms. The number of carbonyl (C=O) groups is 1. The summed E-state index contributed by atoms with van der Waals surface area (Å²) in [6, 6.07) is 2.64. The van der Waals surface area contributed by atoms with Crippen LogP contribution in [0.3, 0.4) is 0 Å². The second kappa shape index (κ2) is 7.11. The molecule has 2 aliphatic heterocycles. The van der Waals surface area contributed by atoms with E-state index in [-0.39, 0.29) is 0 Å². The van der Waals surface area contributed by atoms with Crippen molar-refractivity contribution in [1.82, 2.24) is 29.5 Å². The maximum atomic E-state index is 12.5. The summed E-state index contributed by atoms with van der Waals surface area (Å²) in [5.41, 5.74) is 2.16. The highest BCUT2D eigenvalue weighted by atomic mass is 16.2. The number of nitrogens with one attached hydrogen (secondary N) is 1. The molecule has 27 heavy (non-hydrogen) atoms. The lowest BCUT2D eigenvalue weighted by Crippen LogP contribution is -2.34. The Balaban J connectivity index is 1.32. The van der Waals surface area contributed by atoms with Crippen LogP contribution in [0, 0.1) is 5.92 Å². The highest BCUT2D eigenvalue weighted by molar-refractivity contribution is 5.79. The molecule has 0 aromatic carbocycles. The van der Waals surface area contributed by atoms with Gasteiger partial charge < -0.3 is 14.8 Å². The number of nitrogens with zero attached hydrogens (tertiary/aromatic N) is 5. The molecule has 7 heteroatoms. The summed E-state index contributed by atoms with van der Waals surface area (Å²) in [7, 11) is 0. The van der Waals surface area contributed by atoms with E-state index < -0.39 is 0 Å². The van der Waals surface area contributed by atoms with E-state index in [2.05, 4.69) is 30.5 Å². The van der Waals surface area contributed by atoms with Gasteiger partial charge in [-0.25, -0.2) is 4.98 Å². The fourth-order valence-corrected chi connectivity index (χ4v) is 4.94. The van der Waals surface area contributed by atoms with Crippen molar-refractivity contribution >= 4 is 5.91 Å². The van der Waals surface area contributed by atoms with Crippen LogP contribution in [-0.4, -0.2) is 49.3 Å². The zero-order valence-electron chi connectivity index (χ0n) is 15.8. The molecular weight excluding hydrogens is 340 g/mol. The topological polar surface area (TPSA) is 68.0 Å². The standard InChI is InChI=1S/C20H28N6O/c27-19-10-15(14-25(19)16-4-1-2-5-16)13-24-9-7-22-20(24)18-11-17-12-21-6-3-8-26(17)23-18/h7,9,11,15-16,21H,1-6,8,10,12-14H2. The van der Waals surface area contributed by atoms with Crippen molar-refractivity contribution in [1.29, 1.82) is 0 Å². The van der Waals surface area contributed by atoms with Crippen molar-refractivity contribution in [2.45, 2.75) is 64.2 Å². The van der Waals surface area contributed by atoms with Gasteiger partial charge in [0.15, 0.2) is 5.82 Å². The van der Waals surface area contributed by atoms with E-state index in [1.807, 2.05) is 12.4 Å². The van der Waals surface area contributed by atoms with Gasteiger partial charge in [-0.1, -0.05) is 12.8 Å². The second-order valence-electron chi connectivity index (χ2n) is 8.23. The van der Waals surface area contributed by atoms with Crippen molar-refractivity contribution in [3.8, 4) is 11.5 Å². The van der Waals surface area contributed by atoms with Gasteiger partial charge in [-0.3, -0.25) is 9.48 Å². The van der Waals surface area contributed by atoms with E-state index in [1.54, 1.807) is 0 Å². The van der Waals surface area contributed by atoms with Crippen LogP contribution in [0.4, 0.5) is 0 Å². The summed E-state index contributed by atoms with van der Waals surface area (Å²) < 4.78 is 4.29. The average molecular weight is 368 g/mol. The lowest BCUT2D eigenvalue weighted by molar-refractivity contribution is -0.129. The number of carbonyl (C=O) groups excluding carboxylic acids is 1. The zero-order chi connectivity index (χ0) is 18.2. The minimum Gasteiger partial charge on any atom is -0.339 e. The van der Waals surface area contributed by atoms with E-state index in [0.717, 1.165) is 50.7 Å². The maximum Gasteiger partial charge on any atom is 0.223 e. The maximum absolute atomic E-state index is 12.5. The molecule has 4 heterocycles. The van der Waals surface area contributed by atoms with Gasteiger partial charge in [0, 0.05) is 57.0 Å². The molecule has 1 amide bonds. The van der Waals surface area contributed by atoms with Crippen molar-refractivity contribution < 1.29 is 4.79 Å². The first-order chi connectivity index (χ1) is 13.3. The minimum absolute atomic E-state index is 0.341. The molecule has 5 rings (SSSR count). The molecule has 1 unspecified atom stereocenters. The van der Waals surface area contributed by atoms with Crippen molar-refractivity contribution in [2.24, 2.45) is 5.92 Å². The summed E-state index contributed by atoms with van der Waals surface area (Å²) >= 11 is 0. The Hall–Kier alpha value is -2.15. The quantitative estimate of drug-likeness (QED) is 0.897. The van der Waals surface area contributed by atoms with E-state index >= 15 is 0 Å². The molecule has 1 saturated heterocycles. The molecule has 2 aromatic heterocycles. The van der Waals surface area contributed by atoms with Crippen LogP contribution < -0.4 is 5.32 Å². The number of likely N-dealkylation sites (tertiary alicyclic amines) is 1. The third kappa shape index (κ3) is 3.29. The lowest BCUT2D eigenvalue weighted by Gasteiger charge is -2.24. The number of aromatic nitrogens is 4. The first-order valence-corrected chi connectivity index (χ1v) is 10.4. The number of aryl methyl sites for hydroxylation is 1. The molecule has 0 radical (unpaired) electrons. The van der Waals surface area contributed by atoms with Crippen molar-refractivity contribution in [3.63, 3.8) is 0 Å². The van der Waals surface area contributed by atoms with Gasteiger partial charge in [-0.15, -0.1) is 0 Å². The monoisotopic (exact) mass is 368 g/mol. The average Bonchev–Trinajstić information content (AvgIpc) is 3.42. The van der Waals surface area contributed by atoms with Gasteiger partial charge in [0.2, 0.25) is 5.91 Å². The van der Waals surface area contributed by atoms with Gasteiger partial charge in [0.1, 0.15) is 5.69 Å². The summed E-state index contributed by atoms with van der Waals surface area (Å²) in [4.78, 5) is 19.2. The number of fused-ring (bicyclic) bond motifs is 1. The van der Waals surface area contributed by atoms with Crippen LogP contribution >= 0.6 is 0 Å². The summed E-state index contributed by atoms with van der Waals surface area (Å²) in [5.74, 6) is 1.63. The number of hydrogen-bond donors (Lipinski definition) is 1. The van der Waals surface area contributed by atoms with E-state index in [9.17, 15) is 4.79 Å². The molecule has 144 valence electrons. The molecule has 2 fully saturated rings. The fraction of sp³-hybridized carbons (Fsp3) is 0.650. The highest BCUT2D eigenvalue weighted by Gasteiger charge is 2.35. The number of imidazole rings is 1. The Labute approximate surface area is 159 Å². The van der Waals surface area contributed by atoms with Gasteiger partial charge in [-0.05, 0) is 31.9 Å². The second-order valence-corrected chi connectivity index (χ2v) is 8.23. The predicted octanol–water partition coefficient (Wildman–Crippen LogP) is 2.03. The van der Waals surface area contributed by atoms with Gasteiger partial charge in [-0.2, -0.15) is 5.10 Å². The Bertz CT molecular complexity index is 795. The van der Waals surface area contributed by atoms with Crippen LogP contribution in [0.2, 0.25) is 0 Å². The molecule has 1 atom stereocenters. The molecular formula is C20H28N6O. The Morgan fingerprint density at radius 2 is 2.11 bits per heavy atom. The number of hydrogen-bond acceptors (Lipinski definition) is 4. The summed E-state index contributed by atoms with van der Waals surface area (Å²) in [6.45, 7) is 4.59. The van der Waals surface area contributed by atoms with Gasteiger partial charge in [0.25, 0.3) is 0 Å². The Kier molecular flexibility index (Phi) is 4.47. The summed E-state index contributed by atoms with van der Waals surface area (Å²) in [6.07, 6.45) is 10.5. The Morgan fingerprint density at radius 1 is 1.22 bits per heavy atom. The fourth-order valence-electron chi connectivity index (χ4n) is 4.94. The third-order valence-electron chi connectivity index (χ3n) is 6.30. The minimum atomic E-state index is 0.341. The first kappa shape index (κ1) is 17.0. The smallest absolute Gasteiger partial charge is 0.223 e. The molecule has 0 spiro atoms. The predicted molar refractivity (Wildman–Crippen MR) is 102 cm³/mol. The van der Waals surface area contributed by atoms with E-state index in [0.29, 0.717) is 24.3 Å². The largest absolute Gasteiger partial charge is 0.339 e. The molecule has 1 N–H and O–H groups in total. The summed E-state index contributed by atoms with van der Waals surface area (Å²) in [5, 5.41) is 8.24. The normalized spacial score (nSPS) is 23.8. The zero-order valence-corrected chi connectivity index (χ0v) is 15.8. The van der Waals surface area contributed by atoms with Crippen molar-refractivity contribution in [2.75, 3.05) is 13.1 Å². The molecule has 3 aliphatic rings. The van der Waals surface area contributed by atoms with Crippen LogP contribution in [0.15, 0.2) is 18.5 Å². The van der Waals surface area contributed by atoms with E-state index in [4.69, 9.17) is 5.10 Å². The molecule has 2 aromatic rings. The third-order valence-corrected chi connectivity index (χ3v) is 6.30. The van der Waals surface area contributed by atoms with E-state index in [1.165, 1.54) is 31.4 Å². The van der Waals surface area contributed by atoms with Crippen LogP contribution in [0.5, 0.6) is 0 Å². The molecule has 1 saturated carbocycles. The van der Waals surface area contributed by atoms with Crippen LogP contribution in [0.1, 0.15) is 44.2 Å².